The number of primary sulfonamides is 1. The molecule has 0 amide bonds. The van der Waals surface area contributed by atoms with Gasteiger partial charge in [-0.3, -0.25) is 0 Å². The number of rotatable bonds is 6. The lowest BCUT2D eigenvalue weighted by Gasteiger charge is -2.32. The molecular formula is C14H24N4O2S. The van der Waals surface area contributed by atoms with Crippen LogP contribution in [-0.2, 0) is 10.0 Å². The SMILES string of the molecule is CN(C)CC1(CNc2ncccc2S(N)(=O)=O)CCCC1. The highest BCUT2D eigenvalue weighted by Crippen LogP contribution is 2.38. The van der Waals surface area contributed by atoms with Gasteiger partial charge in [0.15, 0.2) is 0 Å². The molecule has 0 unspecified atom stereocenters. The van der Waals surface area contributed by atoms with Gasteiger partial charge in [-0.1, -0.05) is 12.8 Å². The summed E-state index contributed by atoms with van der Waals surface area (Å²) < 4.78 is 23.2. The fraction of sp³-hybridized carbons (Fsp3) is 0.643. The van der Waals surface area contributed by atoms with Crippen LogP contribution in [0.25, 0.3) is 0 Å². The molecule has 0 aromatic carbocycles. The smallest absolute Gasteiger partial charge is 0.241 e. The fourth-order valence-electron chi connectivity index (χ4n) is 3.21. The molecule has 1 aliphatic carbocycles. The van der Waals surface area contributed by atoms with Crippen molar-refractivity contribution in [3.05, 3.63) is 18.3 Å². The number of nitrogens with one attached hydrogen (secondary N) is 1. The van der Waals surface area contributed by atoms with E-state index in [0.29, 0.717) is 12.4 Å². The number of aromatic nitrogens is 1. The number of hydrogen-bond acceptors (Lipinski definition) is 5. The molecule has 1 heterocycles. The van der Waals surface area contributed by atoms with Gasteiger partial charge in [0.05, 0.1) is 0 Å². The Labute approximate surface area is 126 Å². The maximum absolute atomic E-state index is 11.6. The van der Waals surface area contributed by atoms with E-state index in [2.05, 4.69) is 29.3 Å². The summed E-state index contributed by atoms with van der Waals surface area (Å²) in [6.07, 6.45) is 6.31. The highest BCUT2D eigenvalue weighted by molar-refractivity contribution is 7.89. The van der Waals surface area contributed by atoms with Crippen LogP contribution in [0.3, 0.4) is 0 Å². The molecule has 0 radical (unpaired) electrons. The number of sulfonamides is 1. The zero-order chi connectivity index (χ0) is 15.5. The summed E-state index contributed by atoms with van der Waals surface area (Å²) in [5.74, 6) is 0.352. The second kappa shape index (κ2) is 6.29. The van der Waals surface area contributed by atoms with Crippen molar-refractivity contribution in [3.63, 3.8) is 0 Å². The van der Waals surface area contributed by atoms with Gasteiger partial charge < -0.3 is 10.2 Å². The Bertz CT molecular complexity index is 580. The average Bonchev–Trinajstić information content (AvgIpc) is 2.84. The lowest BCUT2D eigenvalue weighted by Crippen LogP contribution is -2.37. The van der Waals surface area contributed by atoms with Crippen molar-refractivity contribution in [2.45, 2.75) is 30.6 Å². The van der Waals surface area contributed by atoms with Gasteiger partial charge in [-0.15, -0.1) is 0 Å². The Kier molecular flexibility index (Phi) is 4.85. The van der Waals surface area contributed by atoms with Crippen LogP contribution < -0.4 is 10.5 Å². The second-order valence-corrected chi connectivity index (χ2v) is 7.72. The van der Waals surface area contributed by atoms with Crippen LogP contribution >= 0.6 is 0 Å². The Balaban J connectivity index is 2.15. The van der Waals surface area contributed by atoms with Crippen LogP contribution in [0, 0.1) is 5.41 Å². The number of anilines is 1. The van der Waals surface area contributed by atoms with Gasteiger partial charge in [0.25, 0.3) is 0 Å². The Hall–Kier alpha value is -1.18. The monoisotopic (exact) mass is 312 g/mol. The van der Waals surface area contributed by atoms with Crippen LogP contribution in [0.4, 0.5) is 5.82 Å². The van der Waals surface area contributed by atoms with Gasteiger partial charge in [0.1, 0.15) is 10.7 Å². The Morgan fingerprint density at radius 3 is 2.62 bits per heavy atom. The molecule has 0 saturated heterocycles. The third-order valence-corrected chi connectivity index (χ3v) is 4.97. The van der Waals surface area contributed by atoms with Crippen molar-refractivity contribution >= 4 is 15.8 Å². The second-order valence-electron chi connectivity index (χ2n) is 6.19. The molecule has 3 N–H and O–H groups in total. The van der Waals surface area contributed by atoms with E-state index in [0.717, 1.165) is 19.4 Å². The summed E-state index contributed by atoms with van der Waals surface area (Å²) in [7, 11) is 0.375. The lowest BCUT2D eigenvalue weighted by atomic mass is 9.85. The molecular weight excluding hydrogens is 288 g/mol. The first-order chi connectivity index (χ1) is 9.82. The van der Waals surface area contributed by atoms with Gasteiger partial charge >= 0.3 is 0 Å². The first-order valence-electron chi connectivity index (χ1n) is 7.19. The zero-order valence-electron chi connectivity index (χ0n) is 12.7. The Morgan fingerprint density at radius 2 is 2.05 bits per heavy atom. The molecule has 2 rings (SSSR count). The summed E-state index contributed by atoms with van der Waals surface area (Å²) in [6.45, 7) is 1.70. The van der Waals surface area contributed by atoms with E-state index in [9.17, 15) is 8.42 Å². The lowest BCUT2D eigenvalue weighted by molar-refractivity contribution is 0.215. The molecule has 1 aromatic rings. The van der Waals surface area contributed by atoms with Crippen molar-refractivity contribution < 1.29 is 8.42 Å². The average molecular weight is 312 g/mol. The first kappa shape index (κ1) is 16.2. The summed E-state index contributed by atoms with van der Waals surface area (Å²) in [5, 5.41) is 8.45. The van der Waals surface area contributed by atoms with E-state index in [-0.39, 0.29) is 10.3 Å². The third kappa shape index (κ3) is 4.15. The molecule has 1 fully saturated rings. The largest absolute Gasteiger partial charge is 0.368 e. The van der Waals surface area contributed by atoms with E-state index < -0.39 is 10.0 Å². The molecule has 1 aromatic heterocycles. The van der Waals surface area contributed by atoms with Crippen molar-refractivity contribution in [3.8, 4) is 0 Å². The number of pyridine rings is 1. The van der Waals surface area contributed by atoms with Crippen LogP contribution in [0.5, 0.6) is 0 Å². The summed E-state index contributed by atoms with van der Waals surface area (Å²) >= 11 is 0. The number of nitrogens with two attached hydrogens (primary N) is 1. The highest BCUT2D eigenvalue weighted by Gasteiger charge is 2.34. The molecule has 118 valence electrons. The Morgan fingerprint density at radius 1 is 1.38 bits per heavy atom. The molecule has 21 heavy (non-hydrogen) atoms. The van der Waals surface area contributed by atoms with Crippen LogP contribution in [0.15, 0.2) is 23.2 Å². The van der Waals surface area contributed by atoms with E-state index in [1.165, 1.54) is 18.9 Å². The summed E-state index contributed by atoms with van der Waals surface area (Å²) in [6, 6.07) is 3.06. The number of hydrogen-bond donors (Lipinski definition) is 2. The molecule has 7 heteroatoms. The maximum atomic E-state index is 11.6. The van der Waals surface area contributed by atoms with Crippen LogP contribution in [0.1, 0.15) is 25.7 Å². The summed E-state index contributed by atoms with van der Waals surface area (Å²) in [4.78, 5) is 6.38. The fourth-order valence-corrected chi connectivity index (χ4v) is 3.87. The van der Waals surface area contributed by atoms with Gasteiger partial charge in [-0.05, 0) is 39.1 Å². The first-order valence-corrected chi connectivity index (χ1v) is 8.74. The van der Waals surface area contributed by atoms with E-state index >= 15 is 0 Å². The van der Waals surface area contributed by atoms with Crippen LogP contribution in [-0.4, -0.2) is 45.5 Å². The molecule has 1 saturated carbocycles. The van der Waals surface area contributed by atoms with Gasteiger partial charge in [0, 0.05) is 24.7 Å². The maximum Gasteiger partial charge on any atom is 0.241 e. The predicted octanol–water partition coefficient (Wildman–Crippen LogP) is 1.26. The van der Waals surface area contributed by atoms with Gasteiger partial charge in [-0.2, -0.15) is 0 Å². The molecule has 0 atom stereocenters. The molecule has 1 aliphatic rings. The van der Waals surface area contributed by atoms with Crippen molar-refractivity contribution in [1.82, 2.24) is 9.88 Å². The normalized spacial score (nSPS) is 18.1. The summed E-state index contributed by atoms with van der Waals surface area (Å²) in [5.41, 5.74) is 0.177. The third-order valence-electron chi connectivity index (χ3n) is 4.02. The molecule has 0 spiro atoms. The molecule has 0 bridgehead atoms. The topological polar surface area (TPSA) is 88.3 Å². The minimum Gasteiger partial charge on any atom is -0.368 e. The number of nitrogens with zero attached hydrogens (tertiary/aromatic N) is 2. The van der Waals surface area contributed by atoms with Crippen molar-refractivity contribution in [2.24, 2.45) is 10.6 Å². The zero-order valence-corrected chi connectivity index (χ0v) is 13.5. The van der Waals surface area contributed by atoms with Crippen molar-refractivity contribution in [1.29, 1.82) is 0 Å². The highest BCUT2D eigenvalue weighted by atomic mass is 32.2. The predicted molar refractivity (Wildman–Crippen MR) is 83.6 cm³/mol. The minimum absolute atomic E-state index is 0.0583. The van der Waals surface area contributed by atoms with Gasteiger partial charge in [0.2, 0.25) is 10.0 Å². The minimum atomic E-state index is -3.76. The van der Waals surface area contributed by atoms with Crippen molar-refractivity contribution in [2.75, 3.05) is 32.5 Å². The van der Waals surface area contributed by atoms with Gasteiger partial charge in [-0.25, -0.2) is 18.5 Å². The van der Waals surface area contributed by atoms with E-state index in [1.807, 2.05) is 0 Å². The molecule has 0 aliphatic heterocycles. The standard InChI is InChI=1S/C14H24N4O2S/c1-18(2)11-14(7-3-4-8-14)10-17-13-12(21(15,19)20)6-5-9-16-13/h5-6,9H,3-4,7-8,10-11H2,1-2H3,(H,16,17)(H2,15,19,20). The molecule has 6 nitrogen and oxygen atoms in total. The van der Waals surface area contributed by atoms with E-state index in [1.54, 1.807) is 12.3 Å². The van der Waals surface area contributed by atoms with Crippen LogP contribution in [0.2, 0.25) is 0 Å². The van der Waals surface area contributed by atoms with E-state index in [4.69, 9.17) is 5.14 Å². The quantitative estimate of drug-likeness (QED) is 0.825.